The van der Waals surface area contributed by atoms with E-state index in [0.717, 1.165) is 45.2 Å². The molecule has 1 amide bonds. The smallest absolute Gasteiger partial charge is 0.220 e. The predicted molar refractivity (Wildman–Crippen MR) is 89.2 cm³/mol. The third kappa shape index (κ3) is 8.42. The number of hydrogen-bond acceptors (Lipinski definition) is 3. The highest BCUT2D eigenvalue weighted by molar-refractivity contribution is 5.75. The van der Waals surface area contributed by atoms with Gasteiger partial charge in [-0.1, -0.05) is 12.8 Å². The van der Waals surface area contributed by atoms with Gasteiger partial charge in [-0.3, -0.25) is 4.79 Å². The zero-order valence-electron chi connectivity index (χ0n) is 14.2. The van der Waals surface area contributed by atoms with Crippen LogP contribution in [0.2, 0.25) is 0 Å². The zero-order valence-corrected chi connectivity index (χ0v) is 14.2. The summed E-state index contributed by atoms with van der Waals surface area (Å²) in [5.41, 5.74) is 5.99. The number of nitrogens with one attached hydrogen (secondary N) is 1. The summed E-state index contributed by atoms with van der Waals surface area (Å²) in [4.78, 5) is 14.2. The molecule has 2 unspecified atom stereocenters. The first kappa shape index (κ1) is 18.4. The molecule has 1 aliphatic carbocycles. The molecule has 0 bridgehead atoms. The average Bonchev–Trinajstić information content (AvgIpc) is 2.44. The molecule has 0 spiro atoms. The molecule has 1 aliphatic rings. The number of nitrogens with two attached hydrogens (primary N) is 1. The Hall–Kier alpha value is -0.610. The second-order valence-corrected chi connectivity index (χ2v) is 6.96. The van der Waals surface area contributed by atoms with Crippen LogP contribution in [0.1, 0.15) is 65.2 Å². The van der Waals surface area contributed by atoms with E-state index in [1.54, 1.807) is 0 Å². The number of nitrogens with zero attached hydrogens (tertiary/aromatic N) is 1. The van der Waals surface area contributed by atoms with Gasteiger partial charge in [-0.25, -0.2) is 0 Å². The maximum Gasteiger partial charge on any atom is 0.220 e. The van der Waals surface area contributed by atoms with E-state index in [4.69, 9.17) is 5.73 Å². The quantitative estimate of drug-likeness (QED) is 0.643. The van der Waals surface area contributed by atoms with Gasteiger partial charge in [0.15, 0.2) is 0 Å². The standard InChI is InChI=1S/C17H35N3O/c1-14(2)20(3)12-5-4-11-19-17(21)10-9-15-7-6-8-16(18)13-15/h14-16H,4-13,18H2,1-3H3,(H,19,21). The Morgan fingerprint density at radius 2 is 2.10 bits per heavy atom. The fourth-order valence-corrected chi connectivity index (χ4v) is 2.99. The lowest BCUT2D eigenvalue weighted by Gasteiger charge is -2.26. The number of amides is 1. The second-order valence-electron chi connectivity index (χ2n) is 6.96. The van der Waals surface area contributed by atoms with E-state index in [0.29, 0.717) is 24.4 Å². The number of rotatable bonds is 9. The Morgan fingerprint density at radius 3 is 2.76 bits per heavy atom. The largest absolute Gasteiger partial charge is 0.356 e. The van der Waals surface area contributed by atoms with Crippen molar-refractivity contribution in [3.63, 3.8) is 0 Å². The van der Waals surface area contributed by atoms with Crippen molar-refractivity contribution in [3.8, 4) is 0 Å². The van der Waals surface area contributed by atoms with Gasteiger partial charge >= 0.3 is 0 Å². The molecule has 0 aromatic heterocycles. The molecule has 124 valence electrons. The van der Waals surface area contributed by atoms with Crippen LogP contribution in [0.5, 0.6) is 0 Å². The van der Waals surface area contributed by atoms with Crippen LogP contribution in [0.4, 0.5) is 0 Å². The highest BCUT2D eigenvalue weighted by Crippen LogP contribution is 2.26. The molecule has 0 heterocycles. The lowest BCUT2D eigenvalue weighted by atomic mass is 9.83. The molecule has 21 heavy (non-hydrogen) atoms. The molecule has 1 saturated carbocycles. The van der Waals surface area contributed by atoms with E-state index >= 15 is 0 Å². The van der Waals surface area contributed by atoms with Gasteiger partial charge < -0.3 is 16.0 Å². The summed E-state index contributed by atoms with van der Waals surface area (Å²) in [5, 5.41) is 3.05. The Bertz CT molecular complexity index is 294. The van der Waals surface area contributed by atoms with E-state index in [1.165, 1.54) is 12.8 Å². The van der Waals surface area contributed by atoms with Crippen LogP contribution in [0, 0.1) is 5.92 Å². The van der Waals surface area contributed by atoms with Gasteiger partial charge in [0.05, 0.1) is 0 Å². The first-order valence-corrected chi connectivity index (χ1v) is 8.71. The van der Waals surface area contributed by atoms with E-state index in [2.05, 4.69) is 31.1 Å². The third-order valence-electron chi connectivity index (χ3n) is 4.74. The molecule has 0 aliphatic heterocycles. The minimum absolute atomic E-state index is 0.214. The van der Waals surface area contributed by atoms with Crippen LogP contribution in [0.3, 0.4) is 0 Å². The second kappa shape index (κ2) is 10.2. The summed E-state index contributed by atoms with van der Waals surface area (Å²) in [6.45, 7) is 6.33. The number of carbonyl (C=O) groups excluding carboxylic acids is 1. The number of carbonyl (C=O) groups is 1. The molecule has 0 radical (unpaired) electrons. The minimum Gasteiger partial charge on any atom is -0.356 e. The summed E-state index contributed by atoms with van der Waals surface area (Å²) >= 11 is 0. The van der Waals surface area contributed by atoms with Gasteiger partial charge in [0, 0.05) is 25.0 Å². The maximum atomic E-state index is 11.8. The molecule has 4 heteroatoms. The first-order chi connectivity index (χ1) is 9.99. The summed E-state index contributed by atoms with van der Waals surface area (Å²) in [7, 11) is 2.15. The molecule has 1 rings (SSSR count). The summed E-state index contributed by atoms with van der Waals surface area (Å²) in [6, 6.07) is 0.964. The normalized spacial score (nSPS) is 22.8. The number of hydrogen-bond donors (Lipinski definition) is 2. The Morgan fingerprint density at radius 1 is 1.33 bits per heavy atom. The number of unbranched alkanes of at least 4 members (excludes halogenated alkanes) is 1. The van der Waals surface area contributed by atoms with Crippen LogP contribution in [0.15, 0.2) is 0 Å². The molecular formula is C17H35N3O. The highest BCUT2D eigenvalue weighted by Gasteiger charge is 2.19. The van der Waals surface area contributed by atoms with Gasteiger partial charge in [-0.2, -0.15) is 0 Å². The lowest BCUT2D eigenvalue weighted by molar-refractivity contribution is -0.121. The molecular weight excluding hydrogens is 262 g/mol. The minimum atomic E-state index is 0.214. The molecule has 2 atom stereocenters. The van der Waals surface area contributed by atoms with E-state index in [1.807, 2.05) is 0 Å². The summed E-state index contributed by atoms with van der Waals surface area (Å²) in [5.74, 6) is 0.880. The first-order valence-electron chi connectivity index (χ1n) is 8.71. The summed E-state index contributed by atoms with van der Waals surface area (Å²) in [6.07, 6.45) is 8.64. The van der Waals surface area contributed by atoms with Gasteiger partial charge in [0.25, 0.3) is 0 Å². The monoisotopic (exact) mass is 297 g/mol. The zero-order chi connectivity index (χ0) is 15.7. The molecule has 4 nitrogen and oxygen atoms in total. The molecule has 0 aromatic rings. The lowest BCUT2D eigenvalue weighted by Crippen LogP contribution is -2.30. The van der Waals surface area contributed by atoms with Crippen molar-refractivity contribution >= 4 is 5.91 Å². The SMILES string of the molecule is CC(C)N(C)CCCCNC(=O)CCC1CCCC(N)C1. The van der Waals surface area contributed by atoms with E-state index in [9.17, 15) is 4.79 Å². The van der Waals surface area contributed by atoms with Crippen molar-refractivity contribution in [2.45, 2.75) is 77.3 Å². The molecule has 0 saturated heterocycles. The van der Waals surface area contributed by atoms with Crippen molar-refractivity contribution in [3.05, 3.63) is 0 Å². The van der Waals surface area contributed by atoms with Crippen LogP contribution < -0.4 is 11.1 Å². The predicted octanol–water partition coefficient (Wildman–Crippen LogP) is 2.52. The van der Waals surface area contributed by atoms with Crippen molar-refractivity contribution in [2.24, 2.45) is 11.7 Å². The topological polar surface area (TPSA) is 58.4 Å². The van der Waals surface area contributed by atoms with E-state index in [-0.39, 0.29) is 5.91 Å². The fraction of sp³-hybridized carbons (Fsp3) is 0.941. The van der Waals surface area contributed by atoms with Crippen LogP contribution in [0.25, 0.3) is 0 Å². The molecule has 0 aromatic carbocycles. The van der Waals surface area contributed by atoms with E-state index < -0.39 is 0 Å². The van der Waals surface area contributed by atoms with Gasteiger partial charge in [-0.05, 0) is 65.5 Å². The Labute approximate surface area is 130 Å². The van der Waals surface area contributed by atoms with Crippen LogP contribution in [-0.2, 0) is 4.79 Å². The Balaban J connectivity index is 1.99. The Kier molecular flexibility index (Phi) is 8.93. The maximum absolute atomic E-state index is 11.8. The van der Waals surface area contributed by atoms with Crippen molar-refractivity contribution < 1.29 is 4.79 Å². The van der Waals surface area contributed by atoms with Gasteiger partial charge in [0.2, 0.25) is 5.91 Å². The van der Waals surface area contributed by atoms with Crippen molar-refractivity contribution in [2.75, 3.05) is 20.1 Å². The summed E-state index contributed by atoms with van der Waals surface area (Å²) < 4.78 is 0. The third-order valence-corrected chi connectivity index (χ3v) is 4.74. The highest BCUT2D eigenvalue weighted by atomic mass is 16.1. The van der Waals surface area contributed by atoms with Gasteiger partial charge in [0.1, 0.15) is 0 Å². The van der Waals surface area contributed by atoms with Crippen LogP contribution >= 0.6 is 0 Å². The van der Waals surface area contributed by atoms with Crippen LogP contribution in [-0.4, -0.2) is 43.0 Å². The molecule has 1 fully saturated rings. The average molecular weight is 297 g/mol. The van der Waals surface area contributed by atoms with Gasteiger partial charge in [-0.15, -0.1) is 0 Å². The van der Waals surface area contributed by atoms with Crippen molar-refractivity contribution in [1.82, 2.24) is 10.2 Å². The van der Waals surface area contributed by atoms with Crippen molar-refractivity contribution in [1.29, 1.82) is 0 Å². The molecule has 3 N–H and O–H groups in total. The fourth-order valence-electron chi connectivity index (χ4n) is 2.99.